The van der Waals surface area contributed by atoms with Crippen molar-refractivity contribution in [3.8, 4) is 17.0 Å². The molecule has 0 atom stereocenters. The van der Waals surface area contributed by atoms with Crippen LogP contribution >= 0.6 is 0 Å². The van der Waals surface area contributed by atoms with E-state index in [2.05, 4.69) is 5.10 Å². The van der Waals surface area contributed by atoms with Crippen LogP contribution in [0.3, 0.4) is 0 Å². The van der Waals surface area contributed by atoms with E-state index in [9.17, 15) is 23.3 Å². The summed E-state index contributed by atoms with van der Waals surface area (Å²) in [6.07, 6.45) is -3.00. The fourth-order valence-corrected chi connectivity index (χ4v) is 3.08. The molecule has 0 aliphatic heterocycles. The predicted octanol–water partition coefficient (Wildman–Crippen LogP) is 5.27. The molecule has 0 bridgehead atoms. The summed E-state index contributed by atoms with van der Waals surface area (Å²) in [5, 5.41) is 15.1. The van der Waals surface area contributed by atoms with E-state index in [1.54, 1.807) is 38.1 Å². The number of hydrogen-bond donors (Lipinski definition) is 0. The van der Waals surface area contributed by atoms with Crippen LogP contribution in [0.4, 0.5) is 18.9 Å². The van der Waals surface area contributed by atoms with Gasteiger partial charge in [-0.25, -0.2) is 13.5 Å². The second-order valence-corrected chi connectivity index (χ2v) is 6.58. The molecule has 0 aliphatic carbocycles. The van der Waals surface area contributed by atoms with Gasteiger partial charge in [0.05, 0.1) is 10.5 Å². The summed E-state index contributed by atoms with van der Waals surface area (Å²) < 4.78 is 46.9. The smallest absolute Gasteiger partial charge is 0.276 e. The van der Waals surface area contributed by atoms with Crippen molar-refractivity contribution in [3.05, 3.63) is 74.7 Å². The molecule has 0 spiro atoms. The van der Waals surface area contributed by atoms with Crippen LogP contribution in [0, 0.1) is 29.9 Å². The van der Waals surface area contributed by atoms with Crippen LogP contribution < -0.4 is 4.74 Å². The molecular formula is C20H18F3N3O3. The molecule has 0 radical (unpaired) electrons. The van der Waals surface area contributed by atoms with Crippen LogP contribution in [0.2, 0.25) is 0 Å². The highest BCUT2D eigenvalue weighted by atomic mass is 19.3. The Morgan fingerprint density at radius 1 is 1.21 bits per heavy atom. The van der Waals surface area contributed by atoms with Gasteiger partial charge in [-0.05, 0) is 43.2 Å². The summed E-state index contributed by atoms with van der Waals surface area (Å²) in [6.45, 7) is 3.43. The Kier molecular flexibility index (Phi) is 5.58. The number of ether oxygens (including phenoxy) is 1. The number of nitro benzene ring substituents is 1. The lowest BCUT2D eigenvalue weighted by molar-refractivity contribution is -0.385. The van der Waals surface area contributed by atoms with E-state index in [1.165, 1.54) is 19.2 Å². The van der Waals surface area contributed by atoms with E-state index >= 15 is 0 Å². The summed E-state index contributed by atoms with van der Waals surface area (Å²) in [6, 6.07) is 9.38. The molecule has 1 aromatic heterocycles. The summed E-state index contributed by atoms with van der Waals surface area (Å²) in [5.41, 5.74) is 1.17. The van der Waals surface area contributed by atoms with Crippen LogP contribution in [0.1, 0.15) is 28.7 Å². The van der Waals surface area contributed by atoms with Crippen LogP contribution in [0.25, 0.3) is 11.3 Å². The first-order valence-corrected chi connectivity index (χ1v) is 8.68. The normalized spacial score (nSPS) is 11.1. The highest BCUT2D eigenvalue weighted by Crippen LogP contribution is 2.34. The van der Waals surface area contributed by atoms with Gasteiger partial charge < -0.3 is 4.74 Å². The maximum atomic E-state index is 13.9. The van der Waals surface area contributed by atoms with Gasteiger partial charge in [0.1, 0.15) is 23.6 Å². The number of rotatable bonds is 6. The molecule has 3 rings (SSSR count). The molecule has 0 N–H and O–H groups in total. The fourth-order valence-electron chi connectivity index (χ4n) is 3.08. The van der Waals surface area contributed by atoms with Gasteiger partial charge in [0, 0.05) is 18.7 Å². The van der Waals surface area contributed by atoms with Gasteiger partial charge in [-0.2, -0.15) is 9.49 Å². The van der Waals surface area contributed by atoms with E-state index in [0.29, 0.717) is 22.4 Å². The number of halogens is 3. The third-order valence-electron chi connectivity index (χ3n) is 4.63. The van der Waals surface area contributed by atoms with Crippen LogP contribution in [-0.2, 0) is 13.7 Å². The molecule has 0 saturated carbocycles. The monoisotopic (exact) mass is 405 g/mol. The fraction of sp³-hybridized carbons (Fsp3) is 0.250. The third-order valence-corrected chi connectivity index (χ3v) is 4.63. The van der Waals surface area contributed by atoms with Crippen molar-refractivity contribution in [2.45, 2.75) is 26.9 Å². The van der Waals surface area contributed by atoms with Gasteiger partial charge in [-0.15, -0.1) is 0 Å². The summed E-state index contributed by atoms with van der Waals surface area (Å²) >= 11 is 0. The predicted molar refractivity (Wildman–Crippen MR) is 100 cm³/mol. The van der Waals surface area contributed by atoms with Crippen LogP contribution in [0.15, 0.2) is 36.4 Å². The topological polar surface area (TPSA) is 70.2 Å². The van der Waals surface area contributed by atoms with E-state index in [0.717, 1.165) is 10.2 Å². The lowest BCUT2D eigenvalue weighted by Crippen LogP contribution is -2.03. The molecule has 6 nitrogen and oxygen atoms in total. The minimum absolute atomic E-state index is 0.0241. The molecule has 152 valence electrons. The Labute approximate surface area is 164 Å². The SMILES string of the molecule is Cc1cc(-c2nn(C)c(F)c2C(F)F)ccc1OCc1c(C)cccc1[N+](=O)[O-]. The lowest BCUT2D eigenvalue weighted by Gasteiger charge is -2.12. The number of aryl methyl sites for hydroxylation is 3. The van der Waals surface area contributed by atoms with E-state index in [1.807, 2.05) is 0 Å². The van der Waals surface area contributed by atoms with Gasteiger partial charge in [0.25, 0.3) is 12.1 Å². The van der Waals surface area contributed by atoms with E-state index in [-0.39, 0.29) is 18.0 Å². The van der Waals surface area contributed by atoms with Crippen molar-refractivity contribution < 1.29 is 22.8 Å². The van der Waals surface area contributed by atoms with Crippen molar-refractivity contribution in [1.82, 2.24) is 9.78 Å². The van der Waals surface area contributed by atoms with Crippen molar-refractivity contribution in [1.29, 1.82) is 0 Å². The quantitative estimate of drug-likeness (QED) is 0.414. The molecule has 0 amide bonds. The molecule has 0 saturated heterocycles. The number of aromatic nitrogens is 2. The third kappa shape index (κ3) is 3.94. The zero-order valence-corrected chi connectivity index (χ0v) is 15.9. The average molecular weight is 405 g/mol. The maximum Gasteiger partial charge on any atom is 0.276 e. The zero-order valence-electron chi connectivity index (χ0n) is 15.9. The first kappa shape index (κ1) is 20.4. The van der Waals surface area contributed by atoms with Gasteiger partial charge in [0.2, 0.25) is 5.95 Å². The summed E-state index contributed by atoms with van der Waals surface area (Å²) in [5.74, 6) is -0.652. The molecule has 1 heterocycles. The molecule has 3 aromatic rings. The van der Waals surface area contributed by atoms with Gasteiger partial charge in [0.15, 0.2) is 0 Å². The second-order valence-electron chi connectivity index (χ2n) is 6.58. The van der Waals surface area contributed by atoms with E-state index in [4.69, 9.17) is 4.74 Å². The highest BCUT2D eigenvalue weighted by molar-refractivity contribution is 5.65. The number of benzene rings is 2. The van der Waals surface area contributed by atoms with E-state index < -0.39 is 22.9 Å². The Balaban J connectivity index is 1.89. The second kappa shape index (κ2) is 7.94. The number of alkyl halides is 2. The molecule has 9 heteroatoms. The van der Waals surface area contributed by atoms with Crippen molar-refractivity contribution in [2.75, 3.05) is 0 Å². The minimum atomic E-state index is -3.00. The largest absolute Gasteiger partial charge is 0.488 e. The number of hydrogen-bond acceptors (Lipinski definition) is 4. The zero-order chi connectivity index (χ0) is 21.3. The summed E-state index contributed by atoms with van der Waals surface area (Å²) in [4.78, 5) is 10.8. The Morgan fingerprint density at radius 2 is 1.93 bits per heavy atom. The van der Waals surface area contributed by atoms with Gasteiger partial charge in [-0.3, -0.25) is 10.1 Å². The van der Waals surface area contributed by atoms with Crippen molar-refractivity contribution in [2.24, 2.45) is 7.05 Å². The van der Waals surface area contributed by atoms with Crippen molar-refractivity contribution in [3.63, 3.8) is 0 Å². The Morgan fingerprint density at radius 3 is 2.55 bits per heavy atom. The Bertz CT molecular complexity index is 1080. The maximum absolute atomic E-state index is 13.9. The highest BCUT2D eigenvalue weighted by Gasteiger charge is 2.25. The number of nitrogens with zero attached hydrogens (tertiary/aromatic N) is 3. The summed E-state index contributed by atoms with van der Waals surface area (Å²) in [7, 11) is 1.25. The average Bonchev–Trinajstić information content (AvgIpc) is 2.96. The lowest BCUT2D eigenvalue weighted by atomic mass is 10.0. The molecular weight excluding hydrogens is 387 g/mol. The molecule has 29 heavy (non-hydrogen) atoms. The molecule has 2 aromatic carbocycles. The van der Waals surface area contributed by atoms with Gasteiger partial charge >= 0.3 is 0 Å². The van der Waals surface area contributed by atoms with Crippen LogP contribution in [0.5, 0.6) is 5.75 Å². The molecule has 0 aliphatic rings. The molecule has 0 unspecified atom stereocenters. The standard InChI is InChI=1S/C20H18F3N3O3/c1-11-5-4-6-15(26(27)28)14(11)10-29-16-8-7-13(9-12(16)2)18-17(19(21)22)20(23)25(3)24-18/h4-9,19H,10H2,1-3H3. The number of nitro groups is 1. The minimum Gasteiger partial charge on any atom is -0.488 e. The molecule has 0 fully saturated rings. The first-order valence-electron chi connectivity index (χ1n) is 8.68. The van der Waals surface area contributed by atoms with Gasteiger partial charge in [-0.1, -0.05) is 12.1 Å². The van der Waals surface area contributed by atoms with Crippen molar-refractivity contribution >= 4 is 5.69 Å². The first-order chi connectivity index (χ1) is 13.7. The van der Waals surface area contributed by atoms with Crippen LogP contribution in [-0.4, -0.2) is 14.7 Å². The Hall–Kier alpha value is -3.36.